The number of hydrogen-bond acceptors (Lipinski definition) is 7. The van der Waals surface area contributed by atoms with Gasteiger partial charge < -0.3 is 29.3 Å². The van der Waals surface area contributed by atoms with Gasteiger partial charge in [0.1, 0.15) is 11.9 Å². The Hall–Kier alpha value is -3.12. The summed E-state index contributed by atoms with van der Waals surface area (Å²) >= 11 is 0. The van der Waals surface area contributed by atoms with Crippen LogP contribution in [0.2, 0.25) is 18.6 Å². The molecule has 2 aliphatic heterocycles. The van der Waals surface area contributed by atoms with Crippen LogP contribution >= 0.6 is 0 Å². The third-order valence-corrected chi connectivity index (χ3v) is 11.4. The van der Waals surface area contributed by atoms with Crippen LogP contribution in [-0.4, -0.2) is 67.3 Å². The number of hydrogen-bond donors (Lipinski definition) is 3. The summed E-state index contributed by atoms with van der Waals surface area (Å²) in [6.45, 7) is 7.54. The van der Waals surface area contributed by atoms with Crippen molar-refractivity contribution in [2.75, 3.05) is 32.1 Å². The van der Waals surface area contributed by atoms with Crippen LogP contribution in [0, 0.1) is 11.8 Å². The fourth-order valence-electron chi connectivity index (χ4n) is 6.58. The molecule has 6 atom stereocenters. The highest BCUT2D eigenvalue weighted by atomic mass is 28.4. The van der Waals surface area contributed by atoms with Crippen molar-refractivity contribution in [3.05, 3.63) is 71.5 Å². The van der Waals surface area contributed by atoms with Gasteiger partial charge >= 0.3 is 0 Å². The molecule has 0 saturated carbocycles. The minimum absolute atomic E-state index is 0.0133. The second-order valence-electron chi connectivity index (χ2n) is 12.4. The normalized spacial score (nSPS) is 23.6. The molecular weight excluding hydrogens is 565 g/mol. The molecule has 0 bridgehead atoms. The van der Waals surface area contributed by atoms with Gasteiger partial charge in [0, 0.05) is 49.1 Å². The number of carbonyl (C=O) groups is 1. The maximum absolute atomic E-state index is 16.0. The standard InChI is InChI=1S/C32H44FN5O4Si/c1-21-30(41-2)25-17-24(35-32(40)23-11-8-15-34-18-23)12-13-28(25)42-31(21)29(43(3,4)33)14-16-38-19-27(36-37-38)26(20-39)22-9-6-5-7-10-22/h5-7,9-10,12-13,17,19,21,23,26,29-31,34,39H,8,11,14-16,18,20H2,1-4H3,(H,35,40)/t21-,23?,26?,29?,30-,31-/m1/s1. The van der Waals surface area contributed by atoms with Gasteiger partial charge in [0.25, 0.3) is 0 Å². The molecule has 3 N–H and O–H groups in total. The summed E-state index contributed by atoms with van der Waals surface area (Å²) in [5, 5.41) is 25.0. The second kappa shape index (κ2) is 13.7. The number of nitrogens with zero attached hydrogens (tertiary/aromatic N) is 3. The van der Waals surface area contributed by atoms with Crippen molar-refractivity contribution in [2.45, 2.75) is 69.5 Å². The molecule has 1 fully saturated rings. The Morgan fingerprint density at radius 2 is 2.07 bits per heavy atom. The quantitative estimate of drug-likeness (QED) is 0.206. The summed E-state index contributed by atoms with van der Waals surface area (Å²) < 4.78 is 30.3. The molecule has 0 spiro atoms. The van der Waals surface area contributed by atoms with E-state index in [1.807, 2.05) is 61.7 Å². The zero-order valence-corrected chi connectivity index (χ0v) is 26.5. The number of methoxy groups -OCH3 is 1. The fourth-order valence-corrected chi connectivity index (χ4v) is 8.55. The van der Waals surface area contributed by atoms with Crippen molar-refractivity contribution in [1.29, 1.82) is 0 Å². The van der Waals surface area contributed by atoms with E-state index in [2.05, 4.69) is 20.9 Å². The Kier molecular flexibility index (Phi) is 9.95. The molecule has 0 radical (unpaired) electrons. The number of aromatic nitrogens is 3. The summed E-state index contributed by atoms with van der Waals surface area (Å²) in [5.74, 6) is 0.231. The van der Waals surface area contributed by atoms with E-state index >= 15 is 4.11 Å². The first-order chi connectivity index (χ1) is 20.7. The lowest BCUT2D eigenvalue weighted by Gasteiger charge is -2.43. The number of anilines is 1. The maximum Gasteiger partial charge on any atom is 0.247 e. The lowest BCUT2D eigenvalue weighted by molar-refractivity contribution is -0.120. The molecule has 3 aromatic rings. The van der Waals surface area contributed by atoms with Gasteiger partial charge in [-0.2, -0.15) is 0 Å². The van der Waals surface area contributed by atoms with Crippen LogP contribution in [0.1, 0.15) is 55.0 Å². The molecule has 1 aromatic heterocycles. The highest BCUT2D eigenvalue weighted by Gasteiger charge is 2.47. The van der Waals surface area contributed by atoms with Gasteiger partial charge in [-0.3, -0.25) is 9.48 Å². The Morgan fingerprint density at radius 1 is 1.28 bits per heavy atom. The van der Waals surface area contributed by atoms with Crippen LogP contribution in [0.15, 0.2) is 54.7 Å². The molecule has 9 nitrogen and oxygen atoms in total. The Balaban J connectivity index is 1.31. The molecule has 3 unspecified atom stereocenters. The number of aryl methyl sites for hydroxylation is 1. The number of ether oxygens (including phenoxy) is 2. The van der Waals surface area contributed by atoms with Gasteiger partial charge in [-0.05, 0) is 62.7 Å². The van der Waals surface area contributed by atoms with E-state index in [1.165, 1.54) is 0 Å². The van der Waals surface area contributed by atoms with E-state index < -0.39 is 14.5 Å². The van der Waals surface area contributed by atoms with Gasteiger partial charge in [0.15, 0.2) is 0 Å². The number of benzene rings is 2. The van der Waals surface area contributed by atoms with Crippen molar-refractivity contribution in [1.82, 2.24) is 20.3 Å². The van der Waals surface area contributed by atoms with Crippen LogP contribution in [0.5, 0.6) is 5.75 Å². The number of amides is 1. The van der Waals surface area contributed by atoms with Crippen molar-refractivity contribution < 1.29 is 23.5 Å². The minimum atomic E-state index is -3.20. The first-order valence-corrected chi connectivity index (χ1v) is 18.2. The highest BCUT2D eigenvalue weighted by Crippen LogP contribution is 2.48. The molecule has 2 aromatic carbocycles. The molecule has 232 valence electrons. The summed E-state index contributed by atoms with van der Waals surface area (Å²) in [7, 11) is -1.54. The Morgan fingerprint density at radius 3 is 2.74 bits per heavy atom. The number of carbonyl (C=O) groups excluding carboxylic acids is 1. The summed E-state index contributed by atoms with van der Waals surface area (Å²) in [5.41, 5.74) is 2.89. The molecule has 43 heavy (non-hydrogen) atoms. The van der Waals surface area contributed by atoms with E-state index in [1.54, 1.807) is 24.9 Å². The number of piperidine rings is 1. The maximum atomic E-state index is 16.0. The third-order valence-electron chi connectivity index (χ3n) is 9.01. The smallest absolute Gasteiger partial charge is 0.247 e. The van der Waals surface area contributed by atoms with Crippen molar-refractivity contribution in [3.63, 3.8) is 0 Å². The first-order valence-electron chi connectivity index (χ1n) is 15.3. The van der Waals surface area contributed by atoms with Gasteiger partial charge in [0.05, 0.1) is 30.2 Å². The first kappa shape index (κ1) is 31.3. The van der Waals surface area contributed by atoms with Crippen molar-refractivity contribution in [3.8, 4) is 5.75 Å². The molecule has 5 rings (SSSR count). The summed E-state index contributed by atoms with van der Waals surface area (Å²) in [4.78, 5) is 12.8. The molecule has 0 aliphatic carbocycles. The largest absolute Gasteiger partial charge is 0.490 e. The summed E-state index contributed by atoms with van der Waals surface area (Å²) in [6.07, 6.45) is 3.53. The average Bonchev–Trinajstić information content (AvgIpc) is 3.47. The SMILES string of the molecule is CO[C@H]1c2cc(NC(=O)C3CCCNC3)ccc2O[C@@H](C(CCn2cc(C(CO)c3ccccc3)nn2)[Si](C)(C)F)[C@@H]1C. The van der Waals surface area contributed by atoms with Crippen LogP contribution in [-0.2, 0) is 16.1 Å². The molecule has 3 heterocycles. The van der Waals surface area contributed by atoms with Crippen LogP contribution in [0.25, 0.3) is 0 Å². The van der Waals surface area contributed by atoms with E-state index in [0.29, 0.717) is 36.6 Å². The zero-order valence-electron chi connectivity index (χ0n) is 25.5. The number of rotatable bonds is 11. The van der Waals surface area contributed by atoms with Gasteiger partial charge in [-0.25, -0.2) is 0 Å². The van der Waals surface area contributed by atoms with E-state index in [9.17, 15) is 9.90 Å². The van der Waals surface area contributed by atoms with E-state index in [0.717, 1.165) is 30.5 Å². The molecule has 1 saturated heterocycles. The molecular formula is C32H44FN5O4Si. The van der Waals surface area contributed by atoms with Gasteiger partial charge in [-0.1, -0.05) is 42.5 Å². The van der Waals surface area contributed by atoms with Gasteiger partial charge in [0.2, 0.25) is 14.3 Å². The number of nitrogens with one attached hydrogen (secondary N) is 2. The molecule has 2 aliphatic rings. The minimum Gasteiger partial charge on any atom is -0.490 e. The second-order valence-corrected chi connectivity index (χ2v) is 16.3. The number of aliphatic hydroxyl groups excluding tert-OH is 1. The topological polar surface area (TPSA) is 111 Å². The third kappa shape index (κ3) is 7.17. The summed E-state index contributed by atoms with van der Waals surface area (Å²) in [6, 6.07) is 15.4. The predicted octanol–water partition coefficient (Wildman–Crippen LogP) is 5.06. The van der Waals surface area contributed by atoms with E-state index in [4.69, 9.17) is 9.47 Å². The average molecular weight is 610 g/mol. The Labute approximate surface area is 254 Å². The predicted molar refractivity (Wildman–Crippen MR) is 166 cm³/mol. The number of fused-ring (bicyclic) bond motifs is 1. The number of aliphatic hydroxyl groups is 1. The monoisotopic (exact) mass is 609 g/mol. The number of halogens is 1. The van der Waals surface area contributed by atoms with Crippen LogP contribution in [0.4, 0.5) is 9.80 Å². The highest BCUT2D eigenvalue weighted by molar-refractivity contribution is 6.72. The Bertz CT molecular complexity index is 1360. The van der Waals surface area contributed by atoms with E-state index in [-0.39, 0.29) is 41.9 Å². The van der Waals surface area contributed by atoms with Crippen LogP contribution in [0.3, 0.4) is 0 Å². The van der Waals surface area contributed by atoms with Crippen LogP contribution < -0.4 is 15.4 Å². The zero-order chi connectivity index (χ0) is 30.6. The fraction of sp³-hybridized carbons (Fsp3) is 0.531. The van der Waals surface area contributed by atoms with Crippen molar-refractivity contribution >= 4 is 20.0 Å². The molecule has 11 heteroatoms. The van der Waals surface area contributed by atoms with Crippen molar-refractivity contribution in [2.24, 2.45) is 11.8 Å². The lowest BCUT2D eigenvalue weighted by Crippen LogP contribution is -2.46. The molecule has 1 amide bonds. The van der Waals surface area contributed by atoms with Gasteiger partial charge in [-0.15, -0.1) is 5.10 Å². The lowest BCUT2D eigenvalue weighted by atomic mass is 9.86.